The van der Waals surface area contributed by atoms with Crippen LogP contribution in [0.2, 0.25) is 0 Å². The minimum Gasteiger partial charge on any atom is -0.306 e. The highest BCUT2D eigenvalue weighted by Crippen LogP contribution is 2.49. The molecule has 0 aromatic heterocycles. The summed E-state index contributed by atoms with van der Waals surface area (Å²) in [5.74, 6) is 0.758. The molecule has 0 bridgehead atoms. The molecule has 1 atom stereocenters. The van der Waals surface area contributed by atoms with E-state index in [9.17, 15) is 0 Å². The second-order valence-corrected chi connectivity index (χ2v) is 7.87. The van der Waals surface area contributed by atoms with Gasteiger partial charge in [0.05, 0.1) is 0 Å². The highest BCUT2D eigenvalue weighted by atomic mass is 127. The van der Waals surface area contributed by atoms with Crippen molar-refractivity contribution in [1.29, 1.82) is 0 Å². The smallest absolute Gasteiger partial charge is 0.0188 e. The van der Waals surface area contributed by atoms with Gasteiger partial charge in [-0.2, -0.15) is 0 Å². The van der Waals surface area contributed by atoms with Crippen LogP contribution in [0.1, 0.15) is 45.1 Å². The predicted octanol–water partition coefficient (Wildman–Crippen LogP) is 4.69. The van der Waals surface area contributed by atoms with Crippen LogP contribution in [-0.4, -0.2) is 25.0 Å². The van der Waals surface area contributed by atoms with Crippen molar-refractivity contribution in [3.05, 3.63) is 33.4 Å². The van der Waals surface area contributed by atoms with E-state index in [0.29, 0.717) is 11.5 Å². The van der Waals surface area contributed by atoms with Gasteiger partial charge in [0.15, 0.2) is 0 Å². The lowest BCUT2D eigenvalue weighted by Gasteiger charge is -2.51. The highest BCUT2D eigenvalue weighted by molar-refractivity contribution is 14.1. The Labute approximate surface area is 131 Å². The van der Waals surface area contributed by atoms with E-state index in [2.05, 4.69) is 79.7 Å². The van der Waals surface area contributed by atoms with Crippen LogP contribution in [0.25, 0.3) is 0 Å². The van der Waals surface area contributed by atoms with Crippen molar-refractivity contribution in [3.8, 4) is 0 Å². The lowest BCUT2D eigenvalue weighted by Crippen LogP contribution is -2.52. The molecular formula is C17H26IN. The van der Waals surface area contributed by atoms with Crippen LogP contribution >= 0.6 is 22.6 Å². The largest absolute Gasteiger partial charge is 0.306 e. The first-order valence-electron chi connectivity index (χ1n) is 7.38. The van der Waals surface area contributed by atoms with Gasteiger partial charge in [-0.3, -0.25) is 0 Å². The number of hydrogen-bond donors (Lipinski definition) is 0. The van der Waals surface area contributed by atoms with E-state index in [1.807, 2.05) is 0 Å². The van der Waals surface area contributed by atoms with Crippen LogP contribution in [0.3, 0.4) is 0 Å². The molecular weight excluding hydrogens is 345 g/mol. The van der Waals surface area contributed by atoms with Crippen molar-refractivity contribution >= 4 is 22.6 Å². The molecule has 1 fully saturated rings. The Kier molecular flexibility index (Phi) is 4.93. The van der Waals surface area contributed by atoms with Crippen molar-refractivity contribution in [3.63, 3.8) is 0 Å². The summed E-state index contributed by atoms with van der Waals surface area (Å²) < 4.78 is 1.33. The van der Waals surface area contributed by atoms with Crippen LogP contribution in [0.4, 0.5) is 0 Å². The monoisotopic (exact) mass is 371 g/mol. The van der Waals surface area contributed by atoms with Gasteiger partial charge < -0.3 is 4.90 Å². The van der Waals surface area contributed by atoms with E-state index in [-0.39, 0.29) is 0 Å². The molecule has 2 heteroatoms. The van der Waals surface area contributed by atoms with Gasteiger partial charge in [0.1, 0.15) is 0 Å². The van der Waals surface area contributed by atoms with Gasteiger partial charge in [0.2, 0.25) is 0 Å². The molecule has 0 amide bonds. The SMILES string of the molecule is CC(C)CC(N(C)C)C1(c2ccc(I)cc2)CCC1. The Morgan fingerprint density at radius 2 is 1.74 bits per heavy atom. The molecule has 0 aliphatic heterocycles. The van der Waals surface area contributed by atoms with E-state index in [1.54, 1.807) is 5.56 Å². The molecule has 0 heterocycles. The fraction of sp³-hybridized carbons (Fsp3) is 0.647. The number of halogens is 1. The van der Waals surface area contributed by atoms with Crippen molar-refractivity contribution in [2.75, 3.05) is 14.1 Å². The standard InChI is InChI=1S/C17H26IN/c1-13(2)12-16(19(3)4)17(10-5-11-17)14-6-8-15(18)9-7-14/h6-9,13,16H,5,10-12H2,1-4H3. The topological polar surface area (TPSA) is 3.24 Å². The molecule has 0 radical (unpaired) electrons. The first-order valence-corrected chi connectivity index (χ1v) is 8.46. The molecule has 1 aliphatic rings. The summed E-state index contributed by atoms with van der Waals surface area (Å²) in [6.45, 7) is 4.69. The van der Waals surface area contributed by atoms with Gasteiger partial charge in [0.25, 0.3) is 0 Å². The first-order chi connectivity index (χ1) is 8.95. The van der Waals surface area contributed by atoms with Crippen LogP contribution in [0.15, 0.2) is 24.3 Å². The first kappa shape index (κ1) is 15.3. The molecule has 106 valence electrons. The predicted molar refractivity (Wildman–Crippen MR) is 91.6 cm³/mol. The summed E-state index contributed by atoms with van der Waals surface area (Å²) >= 11 is 2.39. The molecule has 1 unspecified atom stereocenters. The van der Waals surface area contributed by atoms with Crippen LogP contribution in [-0.2, 0) is 5.41 Å². The molecule has 0 saturated heterocycles. The van der Waals surface area contributed by atoms with Crippen molar-refractivity contribution < 1.29 is 0 Å². The fourth-order valence-corrected chi connectivity index (χ4v) is 3.89. The van der Waals surface area contributed by atoms with Crippen molar-refractivity contribution in [2.24, 2.45) is 5.92 Å². The van der Waals surface area contributed by atoms with Gasteiger partial charge in [-0.1, -0.05) is 32.4 Å². The molecule has 1 aliphatic carbocycles. The average molecular weight is 371 g/mol. The lowest BCUT2D eigenvalue weighted by atomic mass is 9.58. The molecule has 1 aromatic rings. The van der Waals surface area contributed by atoms with Gasteiger partial charge in [-0.25, -0.2) is 0 Å². The maximum Gasteiger partial charge on any atom is 0.0188 e. The third kappa shape index (κ3) is 3.15. The molecule has 1 nitrogen and oxygen atoms in total. The highest BCUT2D eigenvalue weighted by Gasteiger charge is 2.46. The zero-order chi connectivity index (χ0) is 14.0. The van der Waals surface area contributed by atoms with Crippen LogP contribution in [0, 0.1) is 9.49 Å². The Balaban J connectivity index is 2.31. The van der Waals surface area contributed by atoms with E-state index >= 15 is 0 Å². The fourth-order valence-electron chi connectivity index (χ4n) is 3.53. The minimum absolute atomic E-state index is 0.401. The second kappa shape index (κ2) is 6.13. The number of nitrogens with zero attached hydrogens (tertiary/aromatic N) is 1. The van der Waals surface area contributed by atoms with E-state index in [0.717, 1.165) is 5.92 Å². The van der Waals surface area contributed by atoms with Crippen LogP contribution in [0.5, 0.6) is 0 Å². The normalized spacial score (nSPS) is 19.5. The number of rotatable bonds is 5. The number of likely N-dealkylation sites (N-methyl/N-ethyl adjacent to an activating group) is 1. The third-order valence-corrected chi connectivity index (χ3v) is 5.34. The summed E-state index contributed by atoms with van der Waals surface area (Å²) in [7, 11) is 4.50. The molecule has 19 heavy (non-hydrogen) atoms. The maximum absolute atomic E-state index is 2.46. The number of hydrogen-bond acceptors (Lipinski definition) is 1. The average Bonchev–Trinajstić information content (AvgIpc) is 2.28. The number of benzene rings is 1. The summed E-state index contributed by atoms with van der Waals surface area (Å²) in [5, 5.41) is 0. The Morgan fingerprint density at radius 1 is 1.16 bits per heavy atom. The lowest BCUT2D eigenvalue weighted by molar-refractivity contribution is 0.0808. The summed E-state index contributed by atoms with van der Waals surface area (Å²) in [5.41, 5.74) is 1.96. The van der Waals surface area contributed by atoms with Gasteiger partial charge in [-0.15, -0.1) is 0 Å². The van der Waals surface area contributed by atoms with E-state index in [4.69, 9.17) is 0 Å². The van der Waals surface area contributed by atoms with Crippen molar-refractivity contribution in [1.82, 2.24) is 4.90 Å². The second-order valence-electron chi connectivity index (χ2n) is 6.63. The van der Waals surface area contributed by atoms with Gasteiger partial charge in [-0.05, 0) is 79.6 Å². The Bertz CT molecular complexity index is 404. The molecule has 0 N–H and O–H groups in total. The Hall–Kier alpha value is -0.0900. The minimum atomic E-state index is 0.401. The molecule has 2 rings (SSSR count). The summed E-state index contributed by atoms with van der Waals surface area (Å²) in [6.07, 6.45) is 5.37. The van der Waals surface area contributed by atoms with Gasteiger partial charge in [0, 0.05) is 15.0 Å². The Morgan fingerprint density at radius 3 is 2.11 bits per heavy atom. The summed E-state index contributed by atoms with van der Waals surface area (Å²) in [6, 6.07) is 9.91. The summed E-state index contributed by atoms with van der Waals surface area (Å²) in [4.78, 5) is 2.46. The third-order valence-electron chi connectivity index (χ3n) is 4.62. The van der Waals surface area contributed by atoms with Gasteiger partial charge >= 0.3 is 0 Å². The van der Waals surface area contributed by atoms with E-state index < -0.39 is 0 Å². The van der Waals surface area contributed by atoms with Crippen LogP contribution < -0.4 is 0 Å². The molecule has 0 spiro atoms. The zero-order valence-corrected chi connectivity index (χ0v) is 14.8. The quantitative estimate of drug-likeness (QED) is 0.679. The van der Waals surface area contributed by atoms with Crippen molar-refractivity contribution in [2.45, 2.75) is 51.0 Å². The zero-order valence-electron chi connectivity index (χ0n) is 12.6. The van der Waals surface area contributed by atoms with E-state index in [1.165, 1.54) is 29.3 Å². The maximum atomic E-state index is 2.46. The molecule has 1 aromatic carbocycles. The molecule has 1 saturated carbocycles.